The predicted molar refractivity (Wildman–Crippen MR) is 64.7 cm³/mol. The van der Waals surface area contributed by atoms with E-state index in [0.29, 0.717) is 11.5 Å². The number of nitrogens with one attached hydrogen (secondary N) is 1. The van der Waals surface area contributed by atoms with Gasteiger partial charge in [0.05, 0.1) is 0 Å². The number of aryl methyl sites for hydroxylation is 1. The molecule has 1 aromatic carbocycles. The van der Waals surface area contributed by atoms with E-state index in [4.69, 9.17) is 10.2 Å². The van der Waals surface area contributed by atoms with Crippen LogP contribution in [0.5, 0.6) is 5.75 Å². The van der Waals surface area contributed by atoms with E-state index in [-0.39, 0.29) is 6.04 Å². The van der Waals surface area contributed by atoms with Crippen molar-refractivity contribution in [3.63, 3.8) is 0 Å². The van der Waals surface area contributed by atoms with Crippen molar-refractivity contribution >= 4 is 17.7 Å². The highest BCUT2D eigenvalue weighted by Gasteiger charge is 2.20. The van der Waals surface area contributed by atoms with Crippen molar-refractivity contribution in [1.29, 1.82) is 0 Å². The van der Waals surface area contributed by atoms with Crippen molar-refractivity contribution in [3.8, 4) is 5.75 Å². The van der Waals surface area contributed by atoms with Gasteiger partial charge in [0.15, 0.2) is 0 Å². The van der Waals surface area contributed by atoms with E-state index in [1.54, 1.807) is 23.9 Å². The lowest BCUT2D eigenvalue weighted by atomic mass is 10.2. The van der Waals surface area contributed by atoms with Gasteiger partial charge in [-0.1, -0.05) is 17.7 Å². The molecule has 2 rings (SSSR count). The number of benzene rings is 1. The van der Waals surface area contributed by atoms with E-state index in [0.717, 1.165) is 5.88 Å². The number of phenols is 1. The number of hydrogen-bond donors (Lipinski definition) is 3. The lowest BCUT2D eigenvalue weighted by Crippen LogP contribution is -2.32. The molecule has 0 amide bonds. The second-order valence-electron chi connectivity index (χ2n) is 3.45. The second-order valence-corrected chi connectivity index (χ2v) is 4.48. The molecule has 1 aliphatic rings. The van der Waals surface area contributed by atoms with Crippen molar-refractivity contribution in [1.82, 2.24) is 5.32 Å². The molecule has 0 aliphatic carbocycles. The molecule has 4 nitrogen and oxygen atoms in total. The van der Waals surface area contributed by atoms with Gasteiger partial charge in [-0.2, -0.15) is 0 Å². The molecule has 16 heavy (non-hydrogen) atoms. The van der Waals surface area contributed by atoms with Gasteiger partial charge in [0.25, 0.3) is 0 Å². The molecule has 0 radical (unpaired) electrons. The lowest BCUT2D eigenvalue weighted by molar-refractivity contribution is -0.138. The molecule has 1 fully saturated rings. The highest BCUT2D eigenvalue weighted by molar-refractivity contribution is 7.99. The molecule has 0 spiro atoms. The smallest absolute Gasteiger partial charge is 0.321 e. The summed E-state index contributed by atoms with van der Waals surface area (Å²) >= 11 is 1.62. The Hall–Kier alpha value is -1.20. The van der Waals surface area contributed by atoms with Crippen LogP contribution in [0.2, 0.25) is 0 Å². The normalized spacial score (nSPS) is 18.7. The van der Waals surface area contributed by atoms with Gasteiger partial charge in [-0.3, -0.25) is 10.1 Å². The number of thioether (sulfide) groups is 1. The Kier molecular flexibility index (Phi) is 5.14. The zero-order chi connectivity index (χ0) is 12.0. The fourth-order valence-electron chi connectivity index (χ4n) is 1.10. The van der Waals surface area contributed by atoms with Gasteiger partial charge in [0, 0.05) is 11.6 Å². The molecule has 88 valence electrons. The number of aliphatic carboxylic acids is 1. The summed E-state index contributed by atoms with van der Waals surface area (Å²) in [5, 5.41) is 19.9. The molecule has 1 heterocycles. The first-order chi connectivity index (χ1) is 7.59. The Labute approximate surface area is 98.7 Å². The minimum atomic E-state index is -0.741. The number of phenolic OH excluding ortho intramolecular Hbond substituents is 1. The lowest BCUT2D eigenvalue weighted by Gasteiger charge is -1.98. The fraction of sp³-hybridized carbons (Fsp3) is 0.364. The van der Waals surface area contributed by atoms with E-state index in [9.17, 15) is 4.79 Å². The number of rotatable bonds is 1. The van der Waals surface area contributed by atoms with Crippen LogP contribution in [0.3, 0.4) is 0 Å². The Morgan fingerprint density at radius 1 is 1.44 bits per heavy atom. The van der Waals surface area contributed by atoms with Crippen LogP contribution < -0.4 is 5.32 Å². The maximum Gasteiger partial charge on any atom is 0.321 e. The molecule has 1 aliphatic heterocycles. The number of carboxylic acid groups (broad SMARTS) is 1. The summed E-state index contributed by atoms with van der Waals surface area (Å²) in [5.74, 6) is 1.07. The zero-order valence-electron chi connectivity index (χ0n) is 9.01. The largest absolute Gasteiger partial charge is 0.508 e. The third-order valence-corrected chi connectivity index (χ3v) is 2.99. The van der Waals surface area contributed by atoms with Crippen LogP contribution >= 0.6 is 11.8 Å². The molecule has 0 saturated carbocycles. The van der Waals surface area contributed by atoms with Crippen molar-refractivity contribution in [2.75, 3.05) is 11.6 Å². The van der Waals surface area contributed by atoms with E-state index >= 15 is 0 Å². The first-order valence-electron chi connectivity index (χ1n) is 4.89. The van der Waals surface area contributed by atoms with Gasteiger partial charge < -0.3 is 10.2 Å². The predicted octanol–water partition coefficient (Wildman–Crippen LogP) is 1.43. The van der Waals surface area contributed by atoms with Crippen molar-refractivity contribution in [2.45, 2.75) is 13.0 Å². The maximum absolute atomic E-state index is 10.1. The van der Waals surface area contributed by atoms with Gasteiger partial charge >= 0.3 is 5.97 Å². The molecule has 1 aromatic rings. The molecular formula is C11H15NO3S. The minimum Gasteiger partial charge on any atom is -0.508 e. The van der Waals surface area contributed by atoms with Gasteiger partial charge in [0.2, 0.25) is 0 Å². The van der Waals surface area contributed by atoms with Crippen LogP contribution in [0.4, 0.5) is 0 Å². The standard InChI is InChI=1S/C7H8O.C4H7NO2S/c1-6-2-4-7(8)5-3-6;6-4(7)3-1-8-2-5-3/h2-5,8H,1H3;3,5H,1-2H2,(H,6,7). The molecule has 3 N–H and O–H groups in total. The first kappa shape index (κ1) is 12.9. The Morgan fingerprint density at radius 3 is 2.38 bits per heavy atom. The average molecular weight is 241 g/mol. The van der Waals surface area contributed by atoms with Crippen LogP contribution in [0, 0.1) is 6.92 Å². The minimum absolute atomic E-state index is 0.306. The van der Waals surface area contributed by atoms with E-state index in [1.807, 2.05) is 19.1 Å². The summed E-state index contributed by atoms with van der Waals surface area (Å²) in [6.07, 6.45) is 0. The Morgan fingerprint density at radius 2 is 2.06 bits per heavy atom. The highest BCUT2D eigenvalue weighted by Crippen LogP contribution is 2.08. The summed E-state index contributed by atoms with van der Waals surface area (Å²) in [5.41, 5.74) is 1.17. The van der Waals surface area contributed by atoms with Crippen molar-refractivity contribution in [2.24, 2.45) is 0 Å². The van der Waals surface area contributed by atoms with Crippen LogP contribution in [0.15, 0.2) is 24.3 Å². The summed E-state index contributed by atoms with van der Waals surface area (Å²) in [7, 11) is 0. The number of hydrogen-bond acceptors (Lipinski definition) is 4. The fourth-order valence-corrected chi connectivity index (χ4v) is 2.03. The van der Waals surface area contributed by atoms with Crippen LogP contribution in [0.25, 0.3) is 0 Å². The molecular weight excluding hydrogens is 226 g/mol. The number of carboxylic acids is 1. The number of carbonyl (C=O) groups is 1. The van der Waals surface area contributed by atoms with E-state index < -0.39 is 5.97 Å². The van der Waals surface area contributed by atoms with Crippen molar-refractivity contribution < 1.29 is 15.0 Å². The van der Waals surface area contributed by atoms with Gasteiger partial charge in [-0.15, -0.1) is 11.8 Å². The summed E-state index contributed by atoms with van der Waals surface area (Å²) < 4.78 is 0. The van der Waals surface area contributed by atoms with Crippen LogP contribution in [-0.4, -0.2) is 33.9 Å². The Bertz CT molecular complexity index is 313. The molecule has 5 heteroatoms. The third-order valence-electron chi connectivity index (χ3n) is 2.05. The van der Waals surface area contributed by atoms with Gasteiger partial charge in [0.1, 0.15) is 11.8 Å². The number of aromatic hydroxyl groups is 1. The summed E-state index contributed by atoms with van der Waals surface area (Å²) in [6, 6.07) is 6.79. The highest BCUT2D eigenvalue weighted by atomic mass is 32.2. The monoisotopic (exact) mass is 241 g/mol. The molecule has 1 atom stereocenters. The van der Waals surface area contributed by atoms with Gasteiger partial charge in [-0.05, 0) is 19.1 Å². The van der Waals surface area contributed by atoms with E-state index in [1.165, 1.54) is 5.56 Å². The maximum atomic E-state index is 10.1. The van der Waals surface area contributed by atoms with Crippen LogP contribution in [-0.2, 0) is 4.79 Å². The quantitative estimate of drug-likeness (QED) is 0.694. The SMILES string of the molecule is Cc1ccc(O)cc1.O=C(O)C1CSCN1. The van der Waals surface area contributed by atoms with E-state index in [2.05, 4.69) is 5.32 Å². The first-order valence-corrected chi connectivity index (χ1v) is 6.04. The second kappa shape index (κ2) is 6.40. The topological polar surface area (TPSA) is 69.6 Å². The van der Waals surface area contributed by atoms with Crippen LogP contribution in [0.1, 0.15) is 5.56 Å². The zero-order valence-corrected chi connectivity index (χ0v) is 9.83. The Balaban J connectivity index is 0.000000160. The third kappa shape index (κ3) is 4.55. The summed E-state index contributed by atoms with van der Waals surface area (Å²) in [6.45, 7) is 1.99. The molecule has 1 unspecified atom stereocenters. The van der Waals surface area contributed by atoms with Gasteiger partial charge in [-0.25, -0.2) is 0 Å². The van der Waals surface area contributed by atoms with Crippen molar-refractivity contribution in [3.05, 3.63) is 29.8 Å². The molecule has 0 aromatic heterocycles. The molecule has 0 bridgehead atoms. The molecule has 1 saturated heterocycles. The summed E-state index contributed by atoms with van der Waals surface area (Å²) in [4.78, 5) is 10.1. The average Bonchev–Trinajstić information content (AvgIpc) is 2.77.